The quantitative estimate of drug-likeness (QED) is 0.418. The van der Waals surface area contributed by atoms with Crippen LogP contribution in [-0.4, -0.2) is 9.79 Å². The predicted molar refractivity (Wildman–Crippen MR) is 12.0 cm³/mol. The summed E-state index contributed by atoms with van der Waals surface area (Å²) in [5.74, 6) is 0. The van der Waals surface area contributed by atoms with Crippen molar-refractivity contribution >= 4 is 7.82 Å². The molecule has 33 valence electrons. The van der Waals surface area contributed by atoms with E-state index in [1.165, 1.54) is 0 Å². The normalized spacial score (nSPS) is 9.83. The second-order valence-corrected chi connectivity index (χ2v) is 1.47. The topological polar surface area (TPSA) is 80.6 Å². The summed E-state index contributed by atoms with van der Waals surface area (Å²) in [4.78, 5) is 22.9. The van der Waals surface area contributed by atoms with E-state index in [2.05, 4.69) is 0 Å². The van der Waals surface area contributed by atoms with Crippen LogP contribution in [0.2, 0.25) is 0 Å². The molecular formula is H2HgO4P. The molecule has 0 rings (SSSR count). The molecule has 0 unspecified atom stereocenters. The summed E-state index contributed by atoms with van der Waals surface area (Å²) < 4.78 is 8.77. The van der Waals surface area contributed by atoms with Crippen LogP contribution in [0.25, 0.3) is 0 Å². The van der Waals surface area contributed by atoms with Crippen LogP contribution in [0.4, 0.5) is 0 Å². The predicted octanol–water partition coefficient (Wildman–Crippen LogP) is -1.56. The van der Waals surface area contributed by atoms with Crippen molar-refractivity contribution in [3.05, 3.63) is 0 Å². The zero-order valence-electron chi connectivity index (χ0n) is 2.87. The van der Waals surface area contributed by atoms with Gasteiger partial charge in [-0.05, 0) is 0 Å². The van der Waals surface area contributed by atoms with Crippen LogP contribution < -0.4 is 4.89 Å². The molecule has 0 spiro atoms. The third kappa shape index (κ3) is 75.6. The average molecular weight is 298 g/mol. The summed E-state index contributed by atoms with van der Waals surface area (Å²) in [5, 5.41) is 0. The van der Waals surface area contributed by atoms with Gasteiger partial charge in [-0.2, -0.15) is 0 Å². The van der Waals surface area contributed by atoms with Gasteiger partial charge in [-0.25, -0.2) is 0 Å². The Morgan fingerprint density at radius 3 is 1.50 bits per heavy atom. The summed E-state index contributed by atoms with van der Waals surface area (Å²) in [6.07, 6.45) is 0. The molecule has 0 aromatic carbocycles. The zero-order valence-corrected chi connectivity index (χ0v) is 9.26. The standard InChI is InChI=1S/Hg.H3O4P/c;1-5(2,3)4/h;(H3,1,2,3,4)/q+1;/p-1. The summed E-state index contributed by atoms with van der Waals surface area (Å²) in [7, 11) is -4.89. The molecule has 0 fully saturated rings. The first-order valence-corrected chi connectivity index (χ1v) is 2.30. The van der Waals surface area contributed by atoms with Crippen LogP contribution in [0.5, 0.6) is 0 Å². The van der Waals surface area contributed by atoms with Gasteiger partial charge < -0.3 is 14.7 Å². The van der Waals surface area contributed by atoms with Gasteiger partial charge in [0.05, 0.1) is 0 Å². The smallest absolute Gasteiger partial charge is 0.756 e. The molecule has 0 atom stereocenters. The van der Waals surface area contributed by atoms with E-state index in [0.29, 0.717) is 0 Å². The van der Waals surface area contributed by atoms with Crippen LogP contribution in [0.3, 0.4) is 0 Å². The van der Waals surface area contributed by atoms with Gasteiger partial charge in [0.25, 0.3) is 7.82 Å². The van der Waals surface area contributed by atoms with Gasteiger partial charge in [0.1, 0.15) is 0 Å². The molecule has 6 heteroatoms. The molecule has 0 saturated carbocycles. The SMILES string of the molecule is O=P([O-])(O)O.[Hg+]. The fourth-order valence-electron chi connectivity index (χ4n) is 0. The van der Waals surface area contributed by atoms with Crippen molar-refractivity contribution in [1.82, 2.24) is 0 Å². The van der Waals surface area contributed by atoms with Crippen molar-refractivity contribution in [3.8, 4) is 0 Å². The Hall–Kier alpha value is 1.05. The maximum absolute atomic E-state index is 8.77. The van der Waals surface area contributed by atoms with Crippen molar-refractivity contribution in [1.29, 1.82) is 0 Å². The molecule has 2 N–H and O–H groups in total. The summed E-state index contributed by atoms with van der Waals surface area (Å²) in [6.45, 7) is 0. The Morgan fingerprint density at radius 1 is 1.50 bits per heavy atom. The first-order chi connectivity index (χ1) is 2.00. The minimum absolute atomic E-state index is 0. The minimum atomic E-state index is -4.89. The van der Waals surface area contributed by atoms with Gasteiger partial charge >= 0.3 is 27.7 Å². The van der Waals surface area contributed by atoms with E-state index in [0.717, 1.165) is 0 Å². The molecule has 0 amide bonds. The van der Waals surface area contributed by atoms with E-state index in [4.69, 9.17) is 19.2 Å². The third-order valence-corrected chi connectivity index (χ3v) is 0. The third-order valence-electron chi connectivity index (χ3n) is 0. The van der Waals surface area contributed by atoms with Gasteiger partial charge in [0.15, 0.2) is 0 Å². The molecule has 6 heavy (non-hydrogen) atoms. The number of hydrogen-bond acceptors (Lipinski definition) is 2. The first-order valence-electron chi connectivity index (χ1n) is 0.765. The average Bonchev–Trinajstić information content (AvgIpc) is 0.722. The molecule has 0 saturated heterocycles. The molecule has 0 heterocycles. The minimum Gasteiger partial charge on any atom is -0.756 e. The van der Waals surface area contributed by atoms with Crippen molar-refractivity contribution < 1.29 is 46.9 Å². The van der Waals surface area contributed by atoms with E-state index in [-0.39, 0.29) is 27.7 Å². The van der Waals surface area contributed by atoms with E-state index in [9.17, 15) is 0 Å². The molecule has 0 aliphatic heterocycles. The van der Waals surface area contributed by atoms with Crippen molar-refractivity contribution in [2.24, 2.45) is 0 Å². The molecule has 4 nitrogen and oxygen atoms in total. The number of rotatable bonds is 0. The molecule has 0 aliphatic carbocycles. The van der Waals surface area contributed by atoms with Crippen LogP contribution in [0, 0.1) is 0 Å². The van der Waals surface area contributed by atoms with Crippen molar-refractivity contribution in [3.63, 3.8) is 0 Å². The Morgan fingerprint density at radius 2 is 1.50 bits per heavy atom. The Bertz CT molecular complexity index is 53.7. The van der Waals surface area contributed by atoms with Gasteiger partial charge in [-0.1, -0.05) is 0 Å². The monoisotopic (exact) mass is 299 g/mol. The van der Waals surface area contributed by atoms with Crippen LogP contribution in [0.15, 0.2) is 0 Å². The van der Waals surface area contributed by atoms with E-state index >= 15 is 0 Å². The molecule has 1 radical (unpaired) electrons. The van der Waals surface area contributed by atoms with Crippen LogP contribution >= 0.6 is 7.82 Å². The van der Waals surface area contributed by atoms with Gasteiger partial charge in [0.2, 0.25) is 0 Å². The van der Waals surface area contributed by atoms with Crippen molar-refractivity contribution in [2.45, 2.75) is 0 Å². The zero-order chi connectivity index (χ0) is 4.50. The second kappa shape index (κ2) is 3.10. The van der Waals surface area contributed by atoms with E-state index in [1.807, 2.05) is 0 Å². The fourth-order valence-corrected chi connectivity index (χ4v) is 0. The fraction of sp³-hybridized carbons (Fsp3) is 0. The summed E-state index contributed by atoms with van der Waals surface area (Å²) in [6, 6.07) is 0. The Labute approximate surface area is 54.9 Å². The summed E-state index contributed by atoms with van der Waals surface area (Å²) in [5.41, 5.74) is 0. The van der Waals surface area contributed by atoms with Gasteiger partial charge in [-0.3, -0.25) is 4.57 Å². The molecular weight excluding hydrogens is 296 g/mol. The molecule has 0 aromatic rings. The van der Waals surface area contributed by atoms with Crippen LogP contribution in [-0.2, 0) is 32.2 Å². The molecule has 0 bridgehead atoms. The van der Waals surface area contributed by atoms with Gasteiger partial charge in [-0.15, -0.1) is 0 Å². The van der Waals surface area contributed by atoms with E-state index in [1.54, 1.807) is 0 Å². The Kier molecular flexibility index (Phi) is 5.23. The van der Waals surface area contributed by atoms with Gasteiger partial charge in [0, 0.05) is 0 Å². The molecule has 0 aliphatic rings. The Balaban J connectivity index is 0. The van der Waals surface area contributed by atoms with Crippen LogP contribution in [0.1, 0.15) is 0 Å². The van der Waals surface area contributed by atoms with E-state index < -0.39 is 7.82 Å². The van der Waals surface area contributed by atoms with Crippen molar-refractivity contribution in [2.75, 3.05) is 0 Å². The summed E-state index contributed by atoms with van der Waals surface area (Å²) >= 11 is 0. The maximum atomic E-state index is 8.77. The number of hydrogen-bond donors (Lipinski definition) is 2. The first kappa shape index (κ1) is 10.1. The number of phosphoric acid groups is 1. The molecule has 0 aromatic heterocycles. The largest absolute Gasteiger partial charge is 1.00 e. The maximum Gasteiger partial charge on any atom is 1.00 e. The second-order valence-electron chi connectivity index (χ2n) is 0.491.